The minimum absolute atomic E-state index is 0.0403. The van der Waals surface area contributed by atoms with E-state index in [4.69, 9.17) is 5.11 Å². The number of nitrogens with one attached hydrogen (secondary N) is 1. The Hall–Kier alpha value is -2.08. The number of carboxylic acid groups (broad SMARTS) is 1. The van der Waals surface area contributed by atoms with E-state index >= 15 is 0 Å². The van der Waals surface area contributed by atoms with Gasteiger partial charge in [-0.15, -0.1) is 0 Å². The van der Waals surface area contributed by atoms with Crippen molar-refractivity contribution >= 4 is 17.7 Å². The molecular formula is C13H19N3O3. The number of urea groups is 1. The third-order valence-electron chi connectivity index (χ3n) is 2.40. The molecule has 0 heterocycles. The van der Waals surface area contributed by atoms with E-state index in [9.17, 15) is 9.59 Å². The fourth-order valence-corrected chi connectivity index (χ4v) is 1.60. The molecule has 0 radical (unpaired) electrons. The van der Waals surface area contributed by atoms with Crippen LogP contribution in [-0.2, 0) is 4.79 Å². The summed E-state index contributed by atoms with van der Waals surface area (Å²) in [5.74, 6) is -0.860. The van der Waals surface area contributed by atoms with Crippen molar-refractivity contribution in [2.24, 2.45) is 0 Å². The van der Waals surface area contributed by atoms with Gasteiger partial charge in [0.15, 0.2) is 0 Å². The van der Waals surface area contributed by atoms with Crippen LogP contribution in [0.3, 0.4) is 0 Å². The number of rotatable bonds is 6. The van der Waals surface area contributed by atoms with Gasteiger partial charge < -0.3 is 5.11 Å². The third-order valence-corrected chi connectivity index (χ3v) is 2.40. The lowest BCUT2D eigenvalue weighted by Gasteiger charge is -2.25. The van der Waals surface area contributed by atoms with E-state index in [1.165, 1.54) is 4.90 Å². The maximum Gasteiger partial charge on any atom is 0.336 e. The molecule has 6 nitrogen and oxygen atoms in total. The first-order valence-electron chi connectivity index (χ1n) is 6.03. The molecule has 1 aromatic carbocycles. The highest BCUT2D eigenvalue weighted by Crippen LogP contribution is 2.14. The number of carbonyl (C=O) groups is 2. The fourth-order valence-electron chi connectivity index (χ4n) is 1.60. The van der Waals surface area contributed by atoms with Gasteiger partial charge in [-0.05, 0) is 18.6 Å². The predicted molar refractivity (Wildman–Crippen MR) is 72.9 cm³/mol. The van der Waals surface area contributed by atoms with E-state index in [0.717, 1.165) is 5.69 Å². The van der Waals surface area contributed by atoms with Crippen LogP contribution in [0.1, 0.15) is 12.8 Å². The van der Waals surface area contributed by atoms with Gasteiger partial charge >= 0.3 is 12.0 Å². The quantitative estimate of drug-likeness (QED) is 0.765. The molecule has 2 amide bonds. The van der Waals surface area contributed by atoms with Gasteiger partial charge in [-0.1, -0.05) is 18.2 Å². The second-order valence-corrected chi connectivity index (χ2v) is 4.30. The highest BCUT2D eigenvalue weighted by atomic mass is 16.4. The van der Waals surface area contributed by atoms with Crippen molar-refractivity contribution in [3.05, 3.63) is 30.3 Å². The highest BCUT2D eigenvalue weighted by Gasteiger charge is 2.15. The minimum atomic E-state index is -0.860. The number of carbonyl (C=O) groups excluding carboxylic acids is 1. The number of aliphatic carboxylic acids is 1. The molecule has 1 aromatic rings. The van der Waals surface area contributed by atoms with Crippen molar-refractivity contribution in [1.82, 2.24) is 10.4 Å². The normalized spacial score (nSPS) is 10.3. The Morgan fingerprint density at radius 3 is 2.37 bits per heavy atom. The monoisotopic (exact) mass is 265 g/mol. The second kappa shape index (κ2) is 7.38. The predicted octanol–water partition coefficient (Wildman–Crippen LogP) is 1.54. The van der Waals surface area contributed by atoms with E-state index in [0.29, 0.717) is 13.0 Å². The molecule has 0 atom stereocenters. The van der Waals surface area contributed by atoms with Crippen LogP contribution in [0.4, 0.5) is 10.5 Å². The van der Waals surface area contributed by atoms with Crippen LogP contribution in [-0.4, -0.2) is 42.8 Å². The summed E-state index contributed by atoms with van der Waals surface area (Å²) in [6, 6.07) is 8.89. The second-order valence-electron chi connectivity index (χ2n) is 4.30. The summed E-state index contributed by atoms with van der Waals surface area (Å²) < 4.78 is 0. The lowest BCUT2D eigenvalue weighted by molar-refractivity contribution is -0.137. The number of carboxylic acids is 1. The molecule has 0 saturated heterocycles. The van der Waals surface area contributed by atoms with Crippen molar-refractivity contribution in [3.8, 4) is 0 Å². The van der Waals surface area contributed by atoms with Gasteiger partial charge in [0.2, 0.25) is 0 Å². The molecule has 0 spiro atoms. The Labute approximate surface area is 112 Å². The van der Waals surface area contributed by atoms with Gasteiger partial charge in [0.05, 0.1) is 0 Å². The Kier molecular flexibility index (Phi) is 5.81. The van der Waals surface area contributed by atoms with Gasteiger partial charge in [-0.25, -0.2) is 9.80 Å². The molecule has 0 aliphatic rings. The minimum Gasteiger partial charge on any atom is -0.481 e. The molecule has 0 saturated carbocycles. The summed E-state index contributed by atoms with van der Waals surface area (Å²) in [5, 5.41) is 10.2. The lowest BCUT2D eigenvalue weighted by atomic mass is 10.2. The van der Waals surface area contributed by atoms with Crippen molar-refractivity contribution in [2.45, 2.75) is 12.8 Å². The number of hydrogen-bond acceptors (Lipinski definition) is 3. The van der Waals surface area contributed by atoms with E-state index in [2.05, 4.69) is 5.43 Å². The van der Waals surface area contributed by atoms with Crippen LogP contribution in [0.2, 0.25) is 0 Å². The fraction of sp³-hybridized carbons (Fsp3) is 0.385. The zero-order valence-corrected chi connectivity index (χ0v) is 11.2. The molecule has 1 rings (SSSR count). The van der Waals surface area contributed by atoms with E-state index in [1.807, 2.05) is 30.3 Å². The zero-order chi connectivity index (χ0) is 14.3. The van der Waals surface area contributed by atoms with Crippen LogP contribution in [0.15, 0.2) is 30.3 Å². The first-order valence-corrected chi connectivity index (χ1v) is 6.03. The number of anilines is 1. The average molecular weight is 265 g/mol. The van der Waals surface area contributed by atoms with Gasteiger partial charge in [0.1, 0.15) is 0 Å². The number of hydrazine groups is 1. The van der Waals surface area contributed by atoms with Gasteiger partial charge in [0.25, 0.3) is 0 Å². The summed E-state index contributed by atoms with van der Waals surface area (Å²) >= 11 is 0. The molecule has 0 aliphatic heterocycles. The maximum absolute atomic E-state index is 12.1. The number of para-hydroxylation sites is 1. The standard InChI is InChI=1S/C13H19N3O3/c1-15(2)14-13(19)16(10-6-9-12(17)18)11-7-4-3-5-8-11/h3-5,7-8H,6,9-10H2,1-2H3,(H,14,19)(H,17,18). The van der Waals surface area contributed by atoms with Crippen LogP contribution in [0, 0.1) is 0 Å². The molecule has 0 unspecified atom stereocenters. The molecule has 0 aromatic heterocycles. The molecule has 104 valence electrons. The Bertz CT molecular complexity index is 420. The maximum atomic E-state index is 12.1. The average Bonchev–Trinajstić information content (AvgIpc) is 2.34. The molecule has 0 fully saturated rings. The Balaban J connectivity index is 2.73. The first-order chi connectivity index (χ1) is 9.00. The molecule has 0 aliphatic carbocycles. The molecule has 6 heteroatoms. The third kappa shape index (κ3) is 5.39. The van der Waals surface area contributed by atoms with Gasteiger partial charge in [-0.3, -0.25) is 15.1 Å². The van der Waals surface area contributed by atoms with Crippen LogP contribution < -0.4 is 10.3 Å². The summed E-state index contributed by atoms with van der Waals surface area (Å²) in [6.45, 7) is 0.357. The largest absolute Gasteiger partial charge is 0.481 e. The highest BCUT2D eigenvalue weighted by molar-refractivity contribution is 5.91. The Morgan fingerprint density at radius 1 is 1.21 bits per heavy atom. The molecule has 2 N–H and O–H groups in total. The van der Waals surface area contributed by atoms with E-state index < -0.39 is 5.97 Å². The molecular weight excluding hydrogens is 246 g/mol. The van der Waals surface area contributed by atoms with Crippen LogP contribution in [0.5, 0.6) is 0 Å². The van der Waals surface area contributed by atoms with Crippen molar-refractivity contribution in [1.29, 1.82) is 0 Å². The summed E-state index contributed by atoms with van der Waals surface area (Å²) in [4.78, 5) is 24.1. The number of nitrogens with zero attached hydrogens (tertiary/aromatic N) is 2. The summed E-state index contributed by atoms with van der Waals surface area (Å²) in [6.07, 6.45) is 0.448. The number of hydrogen-bond donors (Lipinski definition) is 2. The molecule has 0 bridgehead atoms. The first kappa shape index (κ1) is 15.0. The van der Waals surface area contributed by atoms with Gasteiger partial charge in [-0.2, -0.15) is 0 Å². The summed E-state index contributed by atoms with van der Waals surface area (Å²) in [5.41, 5.74) is 3.40. The molecule has 19 heavy (non-hydrogen) atoms. The Morgan fingerprint density at radius 2 is 1.84 bits per heavy atom. The lowest BCUT2D eigenvalue weighted by Crippen LogP contribution is -2.46. The van der Waals surface area contributed by atoms with Crippen molar-refractivity contribution < 1.29 is 14.7 Å². The number of amides is 2. The SMILES string of the molecule is CN(C)NC(=O)N(CCCC(=O)O)c1ccccc1. The van der Waals surface area contributed by atoms with Crippen LogP contribution >= 0.6 is 0 Å². The van der Waals surface area contributed by atoms with Crippen molar-refractivity contribution in [2.75, 3.05) is 25.5 Å². The van der Waals surface area contributed by atoms with Crippen molar-refractivity contribution in [3.63, 3.8) is 0 Å². The smallest absolute Gasteiger partial charge is 0.336 e. The zero-order valence-electron chi connectivity index (χ0n) is 11.2. The topological polar surface area (TPSA) is 72.9 Å². The number of benzene rings is 1. The van der Waals surface area contributed by atoms with Gasteiger partial charge in [0, 0.05) is 32.7 Å². The van der Waals surface area contributed by atoms with Crippen LogP contribution in [0.25, 0.3) is 0 Å². The summed E-state index contributed by atoms with van der Waals surface area (Å²) in [7, 11) is 3.44. The van der Waals surface area contributed by atoms with E-state index in [1.54, 1.807) is 19.1 Å². The van der Waals surface area contributed by atoms with E-state index in [-0.39, 0.29) is 12.5 Å².